The first kappa shape index (κ1) is 20.0. The van der Waals surface area contributed by atoms with Gasteiger partial charge in [-0.3, -0.25) is 0 Å². The second-order valence-electron chi connectivity index (χ2n) is 6.92. The zero-order valence-corrected chi connectivity index (χ0v) is 16.5. The minimum atomic E-state index is 0.699. The molecule has 0 bridgehead atoms. The van der Waals surface area contributed by atoms with E-state index in [1.54, 1.807) is 0 Å². The molecule has 0 unspecified atom stereocenters. The molecule has 1 saturated carbocycles. The fourth-order valence-corrected chi connectivity index (χ4v) is 3.86. The van der Waals surface area contributed by atoms with Crippen LogP contribution < -0.4 is 10.6 Å². The van der Waals surface area contributed by atoms with Crippen molar-refractivity contribution in [3.05, 3.63) is 0 Å². The summed E-state index contributed by atoms with van der Waals surface area (Å²) in [5.74, 6) is 0. The second-order valence-corrected chi connectivity index (χ2v) is 7.77. The van der Waals surface area contributed by atoms with Crippen molar-refractivity contribution in [1.29, 1.82) is 0 Å². The summed E-state index contributed by atoms with van der Waals surface area (Å²) in [7, 11) is 0. The SMILES string of the molecule is CCCCCCCCCCCCNC(=[Se])NC1CCCCC1. The van der Waals surface area contributed by atoms with Gasteiger partial charge in [0.1, 0.15) is 0 Å². The van der Waals surface area contributed by atoms with Crippen molar-refractivity contribution in [3.63, 3.8) is 0 Å². The van der Waals surface area contributed by atoms with Gasteiger partial charge in [0.15, 0.2) is 0 Å². The molecule has 1 aliphatic carbocycles. The summed E-state index contributed by atoms with van der Waals surface area (Å²) in [6, 6.07) is 0.699. The van der Waals surface area contributed by atoms with Crippen LogP contribution in [0.4, 0.5) is 0 Å². The van der Waals surface area contributed by atoms with Crippen molar-refractivity contribution in [2.75, 3.05) is 6.54 Å². The van der Waals surface area contributed by atoms with Gasteiger partial charge in [-0.05, 0) is 0 Å². The van der Waals surface area contributed by atoms with E-state index in [1.165, 1.54) is 101 Å². The van der Waals surface area contributed by atoms with E-state index in [-0.39, 0.29) is 0 Å². The van der Waals surface area contributed by atoms with E-state index in [9.17, 15) is 0 Å². The summed E-state index contributed by atoms with van der Waals surface area (Å²) in [6.07, 6.45) is 21.0. The van der Waals surface area contributed by atoms with Crippen LogP contribution in [0.1, 0.15) is 103 Å². The Bertz CT molecular complexity index is 262. The Labute approximate surface area is 147 Å². The summed E-state index contributed by atoms with van der Waals surface area (Å²) in [6.45, 7) is 3.40. The van der Waals surface area contributed by atoms with Crippen LogP contribution in [0.2, 0.25) is 0 Å². The monoisotopic (exact) mass is 374 g/mol. The molecule has 22 heavy (non-hydrogen) atoms. The predicted octanol–water partition coefficient (Wildman–Crippen LogP) is 4.68. The van der Waals surface area contributed by atoms with Crippen LogP contribution in [0.5, 0.6) is 0 Å². The molecular weight excluding hydrogens is 335 g/mol. The fraction of sp³-hybridized carbons (Fsp3) is 0.947. The van der Waals surface area contributed by atoms with E-state index in [2.05, 4.69) is 33.1 Å². The Morgan fingerprint density at radius 3 is 1.95 bits per heavy atom. The Kier molecular flexibility index (Phi) is 13.3. The van der Waals surface area contributed by atoms with Crippen LogP contribution in [0.15, 0.2) is 0 Å². The Morgan fingerprint density at radius 1 is 0.818 bits per heavy atom. The second kappa shape index (κ2) is 14.6. The van der Waals surface area contributed by atoms with Crippen molar-refractivity contribution < 1.29 is 0 Å². The number of hydrogen-bond acceptors (Lipinski definition) is 2. The molecule has 130 valence electrons. The van der Waals surface area contributed by atoms with Crippen molar-refractivity contribution >= 4 is 20.2 Å². The van der Waals surface area contributed by atoms with Crippen LogP contribution in [-0.2, 0) is 0 Å². The number of nitrogens with one attached hydrogen (secondary N) is 2. The van der Waals surface area contributed by atoms with Gasteiger partial charge in [-0.2, -0.15) is 0 Å². The van der Waals surface area contributed by atoms with Crippen LogP contribution in [0.25, 0.3) is 0 Å². The minimum absolute atomic E-state index is 0.699. The first-order valence-electron chi connectivity index (χ1n) is 9.87. The standard InChI is InChI=1S/C19H38N2Se/c1-2-3-4-5-6-7-8-9-10-14-17-20-19(22)21-18-15-12-11-13-16-18/h18H,2-17H2,1H3,(H2,20,21,22). The van der Waals surface area contributed by atoms with Gasteiger partial charge in [0.05, 0.1) is 0 Å². The molecule has 0 aliphatic heterocycles. The molecule has 0 aromatic carbocycles. The molecular formula is C19H38N2Se. The number of unbranched alkanes of at least 4 members (excludes halogenated alkanes) is 9. The zero-order valence-electron chi connectivity index (χ0n) is 14.8. The van der Waals surface area contributed by atoms with Crippen LogP contribution in [0, 0.1) is 0 Å². The van der Waals surface area contributed by atoms with Gasteiger partial charge in [-0.25, -0.2) is 0 Å². The van der Waals surface area contributed by atoms with E-state index in [0.29, 0.717) is 6.04 Å². The molecule has 1 aliphatic rings. The average Bonchev–Trinajstić information content (AvgIpc) is 2.53. The molecule has 2 N–H and O–H groups in total. The molecule has 0 aromatic heterocycles. The van der Waals surface area contributed by atoms with E-state index < -0.39 is 0 Å². The van der Waals surface area contributed by atoms with Crippen molar-refractivity contribution in [3.8, 4) is 0 Å². The molecule has 3 heteroatoms. The van der Waals surface area contributed by atoms with Gasteiger partial charge in [0.25, 0.3) is 0 Å². The van der Waals surface area contributed by atoms with Crippen LogP contribution in [0.3, 0.4) is 0 Å². The summed E-state index contributed by atoms with van der Waals surface area (Å²) < 4.78 is 1.17. The molecule has 0 amide bonds. The van der Waals surface area contributed by atoms with Crippen LogP contribution in [-0.4, -0.2) is 32.8 Å². The molecule has 0 atom stereocenters. The first-order valence-corrected chi connectivity index (χ1v) is 10.7. The molecule has 0 radical (unpaired) electrons. The summed E-state index contributed by atoms with van der Waals surface area (Å²) in [5.41, 5.74) is 0. The van der Waals surface area contributed by atoms with Gasteiger partial charge in [-0.1, -0.05) is 13.3 Å². The average molecular weight is 373 g/mol. The molecule has 0 saturated heterocycles. The van der Waals surface area contributed by atoms with E-state index in [0.717, 1.165) is 6.54 Å². The van der Waals surface area contributed by atoms with Gasteiger partial charge in [-0.15, -0.1) is 0 Å². The number of hydrogen-bond donors (Lipinski definition) is 2. The Hall–Kier alpha value is -0.0105. The van der Waals surface area contributed by atoms with Crippen molar-refractivity contribution in [1.82, 2.24) is 10.6 Å². The maximum absolute atomic E-state index is 3.60. The fourth-order valence-electron chi connectivity index (χ4n) is 3.30. The van der Waals surface area contributed by atoms with Crippen molar-refractivity contribution in [2.24, 2.45) is 0 Å². The van der Waals surface area contributed by atoms with E-state index in [4.69, 9.17) is 0 Å². The Morgan fingerprint density at radius 2 is 1.36 bits per heavy atom. The normalized spacial score (nSPS) is 15.7. The van der Waals surface area contributed by atoms with Crippen molar-refractivity contribution in [2.45, 2.75) is 109 Å². The topological polar surface area (TPSA) is 24.1 Å². The maximum atomic E-state index is 3.60. The van der Waals surface area contributed by atoms with Gasteiger partial charge >= 0.3 is 133 Å². The third-order valence-electron chi connectivity index (χ3n) is 4.76. The van der Waals surface area contributed by atoms with Gasteiger partial charge < -0.3 is 0 Å². The van der Waals surface area contributed by atoms with Gasteiger partial charge in [0, 0.05) is 0 Å². The first-order chi connectivity index (χ1) is 10.8. The zero-order chi connectivity index (χ0) is 15.9. The summed E-state index contributed by atoms with van der Waals surface area (Å²) in [4.78, 5) is 0. The molecule has 1 fully saturated rings. The molecule has 0 heterocycles. The van der Waals surface area contributed by atoms with E-state index in [1.807, 2.05) is 0 Å². The third kappa shape index (κ3) is 11.5. The summed E-state index contributed by atoms with van der Waals surface area (Å²) >= 11 is 3.15. The molecule has 0 aromatic rings. The Balaban J connectivity index is 1.79. The quantitative estimate of drug-likeness (QED) is 0.341. The summed E-state index contributed by atoms with van der Waals surface area (Å²) in [5, 5.41) is 7.11. The van der Waals surface area contributed by atoms with Gasteiger partial charge in [0.2, 0.25) is 0 Å². The third-order valence-corrected chi connectivity index (χ3v) is 5.31. The number of rotatable bonds is 14. The van der Waals surface area contributed by atoms with Crippen LogP contribution >= 0.6 is 0 Å². The molecule has 1 rings (SSSR count). The van der Waals surface area contributed by atoms with E-state index >= 15 is 0 Å². The predicted molar refractivity (Wildman–Crippen MR) is 101 cm³/mol. The molecule has 2 nitrogen and oxygen atoms in total. The molecule has 0 spiro atoms.